The van der Waals surface area contributed by atoms with Crippen molar-refractivity contribution in [2.75, 3.05) is 21.9 Å². The molecule has 0 aliphatic heterocycles. The maximum absolute atomic E-state index is 12.4. The minimum Gasteiger partial charge on any atom is -0.322 e. The number of anilines is 2. The molecule has 0 saturated heterocycles. The second-order valence-electron chi connectivity index (χ2n) is 5.81. The number of benzene rings is 2. The van der Waals surface area contributed by atoms with E-state index in [1.54, 1.807) is 38.1 Å². The monoisotopic (exact) mass is 360 g/mol. The molecule has 134 valence electrons. The Bertz CT molecular complexity index is 859. The van der Waals surface area contributed by atoms with Crippen LogP contribution in [0.1, 0.15) is 35.3 Å². The molecular formula is C19H24N2O3S. The van der Waals surface area contributed by atoms with E-state index in [0.717, 1.165) is 16.8 Å². The maximum Gasteiger partial charge on any atom is 0.255 e. The highest BCUT2D eigenvalue weighted by atomic mass is 32.2. The zero-order valence-electron chi connectivity index (χ0n) is 15.0. The number of amides is 1. The molecule has 0 aliphatic rings. The van der Waals surface area contributed by atoms with Crippen LogP contribution < -0.4 is 9.62 Å². The Labute approximate surface area is 149 Å². The number of sulfonamides is 1. The van der Waals surface area contributed by atoms with Gasteiger partial charge in [-0.15, -0.1) is 0 Å². The second-order valence-corrected chi connectivity index (χ2v) is 8.00. The zero-order chi connectivity index (χ0) is 18.6. The minimum absolute atomic E-state index is 0.0374. The third kappa shape index (κ3) is 4.20. The molecular weight excluding hydrogens is 336 g/mol. The summed E-state index contributed by atoms with van der Waals surface area (Å²) in [6.07, 6.45) is 0. The molecule has 5 nitrogen and oxygen atoms in total. The average molecular weight is 360 g/mol. The molecule has 1 amide bonds. The summed E-state index contributed by atoms with van der Waals surface area (Å²) in [5, 5.41) is 2.90. The normalized spacial score (nSPS) is 11.2. The molecule has 0 aliphatic carbocycles. The third-order valence-electron chi connectivity index (χ3n) is 4.26. The van der Waals surface area contributed by atoms with Crippen molar-refractivity contribution in [2.24, 2.45) is 0 Å². The van der Waals surface area contributed by atoms with Gasteiger partial charge in [-0.3, -0.25) is 9.10 Å². The number of hydrogen-bond donors (Lipinski definition) is 1. The van der Waals surface area contributed by atoms with E-state index in [4.69, 9.17) is 0 Å². The number of carbonyl (C=O) groups is 1. The Morgan fingerprint density at radius 3 is 2.24 bits per heavy atom. The smallest absolute Gasteiger partial charge is 0.255 e. The summed E-state index contributed by atoms with van der Waals surface area (Å²) in [5.74, 6) is -0.183. The van der Waals surface area contributed by atoms with Gasteiger partial charge >= 0.3 is 0 Å². The molecule has 2 aromatic rings. The summed E-state index contributed by atoms with van der Waals surface area (Å²) < 4.78 is 25.6. The molecule has 0 saturated carbocycles. The van der Waals surface area contributed by atoms with Crippen LogP contribution >= 0.6 is 0 Å². The first-order valence-corrected chi connectivity index (χ1v) is 9.89. The topological polar surface area (TPSA) is 66.5 Å². The van der Waals surface area contributed by atoms with E-state index >= 15 is 0 Å². The van der Waals surface area contributed by atoms with E-state index < -0.39 is 10.0 Å². The Morgan fingerprint density at radius 1 is 1.04 bits per heavy atom. The molecule has 0 aromatic heterocycles. The molecule has 0 atom stereocenters. The van der Waals surface area contributed by atoms with Gasteiger partial charge in [0, 0.05) is 17.8 Å². The van der Waals surface area contributed by atoms with Crippen LogP contribution in [0, 0.1) is 13.8 Å². The standard InChI is InChI=1S/C19H24N2O3S/c1-5-21(25(23,24)6-2)17-12-10-16(11-13-17)19(22)20-18-9-7-8-14(3)15(18)4/h7-13H,5-6H2,1-4H3,(H,20,22). The number of rotatable bonds is 6. The number of nitrogens with one attached hydrogen (secondary N) is 1. The molecule has 25 heavy (non-hydrogen) atoms. The van der Waals surface area contributed by atoms with Crippen molar-refractivity contribution >= 4 is 27.3 Å². The van der Waals surface area contributed by atoms with E-state index in [2.05, 4.69) is 5.32 Å². The fraction of sp³-hybridized carbons (Fsp3) is 0.316. The molecule has 0 fully saturated rings. The quantitative estimate of drug-likeness (QED) is 0.853. The number of nitrogens with zero attached hydrogens (tertiary/aromatic N) is 1. The average Bonchev–Trinajstić information content (AvgIpc) is 2.60. The molecule has 0 spiro atoms. The Hall–Kier alpha value is -2.34. The largest absolute Gasteiger partial charge is 0.322 e. The summed E-state index contributed by atoms with van der Waals surface area (Å²) in [6.45, 7) is 7.71. The summed E-state index contributed by atoms with van der Waals surface area (Å²) in [4.78, 5) is 12.4. The molecule has 0 bridgehead atoms. The van der Waals surface area contributed by atoms with Gasteiger partial charge in [0.25, 0.3) is 5.91 Å². The predicted molar refractivity (Wildman–Crippen MR) is 103 cm³/mol. The molecule has 0 radical (unpaired) electrons. The molecule has 2 aromatic carbocycles. The molecule has 6 heteroatoms. The summed E-state index contributed by atoms with van der Waals surface area (Å²) >= 11 is 0. The van der Waals surface area contributed by atoms with Crippen LogP contribution in [0.3, 0.4) is 0 Å². The second kappa shape index (κ2) is 7.70. The van der Waals surface area contributed by atoms with Crippen molar-refractivity contribution in [1.29, 1.82) is 0 Å². The minimum atomic E-state index is -3.32. The molecule has 1 N–H and O–H groups in total. The lowest BCUT2D eigenvalue weighted by molar-refractivity contribution is 0.102. The van der Waals surface area contributed by atoms with Crippen molar-refractivity contribution in [2.45, 2.75) is 27.7 Å². The van der Waals surface area contributed by atoms with E-state index in [9.17, 15) is 13.2 Å². The summed E-state index contributed by atoms with van der Waals surface area (Å²) in [7, 11) is -3.32. The SMILES string of the molecule is CCN(c1ccc(C(=O)Nc2cccc(C)c2C)cc1)S(=O)(=O)CC. The highest BCUT2D eigenvalue weighted by molar-refractivity contribution is 7.92. The first kappa shape index (κ1) is 19.0. The Balaban J connectivity index is 2.22. The highest BCUT2D eigenvalue weighted by Gasteiger charge is 2.19. The first-order valence-electron chi connectivity index (χ1n) is 8.28. The van der Waals surface area contributed by atoms with Crippen LogP contribution in [0.25, 0.3) is 0 Å². The van der Waals surface area contributed by atoms with Crippen molar-refractivity contribution < 1.29 is 13.2 Å². The number of aryl methyl sites for hydroxylation is 1. The fourth-order valence-corrected chi connectivity index (χ4v) is 3.70. The van der Waals surface area contributed by atoms with Gasteiger partial charge in [0.15, 0.2) is 0 Å². The van der Waals surface area contributed by atoms with Crippen LogP contribution in [-0.4, -0.2) is 26.6 Å². The first-order chi connectivity index (χ1) is 11.8. The maximum atomic E-state index is 12.4. The summed E-state index contributed by atoms with van der Waals surface area (Å²) in [5.41, 5.74) is 3.95. The molecule has 0 unspecified atom stereocenters. The van der Waals surface area contributed by atoms with Gasteiger partial charge < -0.3 is 5.32 Å². The lowest BCUT2D eigenvalue weighted by atomic mass is 10.1. The predicted octanol–water partition coefficient (Wildman–Crippen LogP) is 3.73. The van der Waals surface area contributed by atoms with Gasteiger partial charge in [-0.05, 0) is 69.2 Å². The Kier molecular flexibility index (Phi) is 5.85. The van der Waals surface area contributed by atoms with Crippen LogP contribution in [-0.2, 0) is 10.0 Å². The molecule has 2 rings (SSSR count). The van der Waals surface area contributed by atoms with Gasteiger partial charge in [-0.25, -0.2) is 8.42 Å². The lowest BCUT2D eigenvalue weighted by Gasteiger charge is -2.22. The van der Waals surface area contributed by atoms with Gasteiger partial charge in [-0.2, -0.15) is 0 Å². The van der Waals surface area contributed by atoms with Gasteiger partial charge in [-0.1, -0.05) is 12.1 Å². The highest BCUT2D eigenvalue weighted by Crippen LogP contribution is 2.21. The lowest BCUT2D eigenvalue weighted by Crippen LogP contribution is -2.32. The van der Waals surface area contributed by atoms with Crippen LogP contribution in [0.4, 0.5) is 11.4 Å². The Morgan fingerprint density at radius 2 is 1.68 bits per heavy atom. The third-order valence-corrected chi connectivity index (χ3v) is 6.13. The summed E-state index contributed by atoms with van der Waals surface area (Å²) in [6, 6.07) is 12.4. The van der Waals surface area contributed by atoms with Crippen LogP contribution in [0.15, 0.2) is 42.5 Å². The number of hydrogen-bond acceptors (Lipinski definition) is 3. The van der Waals surface area contributed by atoms with E-state index in [-0.39, 0.29) is 11.7 Å². The van der Waals surface area contributed by atoms with E-state index in [1.165, 1.54) is 4.31 Å². The van der Waals surface area contributed by atoms with Crippen molar-refractivity contribution in [3.63, 3.8) is 0 Å². The molecule has 0 heterocycles. The fourth-order valence-electron chi connectivity index (χ4n) is 2.56. The van der Waals surface area contributed by atoms with Gasteiger partial charge in [0.2, 0.25) is 10.0 Å². The van der Waals surface area contributed by atoms with Crippen molar-refractivity contribution in [1.82, 2.24) is 0 Å². The van der Waals surface area contributed by atoms with Gasteiger partial charge in [0.1, 0.15) is 0 Å². The van der Waals surface area contributed by atoms with Gasteiger partial charge in [0.05, 0.1) is 11.4 Å². The van der Waals surface area contributed by atoms with Crippen molar-refractivity contribution in [3.8, 4) is 0 Å². The zero-order valence-corrected chi connectivity index (χ0v) is 15.9. The van der Waals surface area contributed by atoms with E-state index in [0.29, 0.717) is 17.8 Å². The van der Waals surface area contributed by atoms with Crippen molar-refractivity contribution in [3.05, 3.63) is 59.2 Å². The van der Waals surface area contributed by atoms with Crippen LogP contribution in [0.2, 0.25) is 0 Å². The van der Waals surface area contributed by atoms with E-state index in [1.807, 2.05) is 32.0 Å². The van der Waals surface area contributed by atoms with Crippen LogP contribution in [0.5, 0.6) is 0 Å². The number of carbonyl (C=O) groups excluding carboxylic acids is 1.